The maximum atomic E-state index is 12.9. The summed E-state index contributed by atoms with van der Waals surface area (Å²) in [5, 5.41) is 3.69. The first kappa shape index (κ1) is 13.5. The molecule has 0 bridgehead atoms. The molecule has 3 atom stereocenters. The van der Waals surface area contributed by atoms with E-state index < -0.39 is 0 Å². The lowest BCUT2D eigenvalue weighted by atomic mass is 10.0. The molecule has 1 aliphatic rings. The summed E-state index contributed by atoms with van der Waals surface area (Å²) in [5.41, 5.74) is 1.17. The Morgan fingerprint density at radius 2 is 1.83 bits per heavy atom. The van der Waals surface area contributed by atoms with Crippen LogP contribution in [0.4, 0.5) is 4.39 Å². The third kappa shape index (κ3) is 3.81. The molecule has 1 N–H and O–H groups in total. The largest absolute Gasteiger partial charge is 0.307 e. The van der Waals surface area contributed by atoms with Crippen LogP contribution in [0.25, 0.3) is 0 Å². The Morgan fingerprint density at radius 3 is 2.56 bits per heavy atom. The molecule has 1 aromatic rings. The minimum atomic E-state index is -0.158. The molecule has 2 heteroatoms. The van der Waals surface area contributed by atoms with Crippen molar-refractivity contribution in [2.75, 3.05) is 0 Å². The minimum absolute atomic E-state index is 0.158. The Labute approximate surface area is 110 Å². The molecule has 1 aromatic carbocycles. The van der Waals surface area contributed by atoms with Gasteiger partial charge in [-0.3, -0.25) is 0 Å². The molecular weight excluding hydrogens is 225 g/mol. The van der Waals surface area contributed by atoms with Crippen molar-refractivity contribution in [1.82, 2.24) is 5.32 Å². The summed E-state index contributed by atoms with van der Waals surface area (Å²) in [4.78, 5) is 0. The fraction of sp³-hybridized carbons (Fsp3) is 0.625. The van der Waals surface area contributed by atoms with E-state index in [9.17, 15) is 4.39 Å². The maximum absolute atomic E-state index is 12.9. The van der Waals surface area contributed by atoms with Crippen molar-refractivity contribution in [2.45, 2.75) is 58.0 Å². The summed E-state index contributed by atoms with van der Waals surface area (Å²) >= 11 is 0. The van der Waals surface area contributed by atoms with Crippen LogP contribution >= 0.6 is 0 Å². The summed E-state index contributed by atoms with van der Waals surface area (Å²) in [6, 6.07) is 7.78. The summed E-state index contributed by atoms with van der Waals surface area (Å²) in [7, 11) is 0. The highest BCUT2D eigenvalue weighted by Crippen LogP contribution is 2.24. The van der Waals surface area contributed by atoms with Gasteiger partial charge in [0.1, 0.15) is 5.82 Å². The van der Waals surface area contributed by atoms with Gasteiger partial charge in [-0.15, -0.1) is 0 Å². The molecule has 100 valence electrons. The van der Waals surface area contributed by atoms with E-state index in [1.54, 1.807) is 12.1 Å². The van der Waals surface area contributed by atoms with Gasteiger partial charge in [0.2, 0.25) is 0 Å². The molecule has 0 aliphatic heterocycles. The van der Waals surface area contributed by atoms with E-state index in [2.05, 4.69) is 19.2 Å². The van der Waals surface area contributed by atoms with Gasteiger partial charge in [0.25, 0.3) is 0 Å². The van der Waals surface area contributed by atoms with Gasteiger partial charge in [0, 0.05) is 12.1 Å². The van der Waals surface area contributed by atoms with E-state index in [0.717, 1.165) is 5.92 Å². The van der Waals surface area contributed by atoms with E-state index in [1.807, 2.05) is 12.1 Å². The molecule has 18 heavy (non-hydrogen) atoms. The van der Waals surface area contributed by atoms with Crippen LogP contribution in [0.3, 0.4) is 0 Å². The Morgan fingerprint density at radius 1 is 1.11 bits per heavy atom. The third-order valence-electron chi connectivity index (χ3n) is 4.11. The molecular formula is C16H24FN. The molecule has 2 rings (SSSR count). The third-order valence-corrected chi connectivity index (χ3v) is 4.11. The maximum Gasteiger partial charge on any atom is 0.123 e. The van der Waals surface area contributed by atoms with Crippen molar-refractivity contribution in [3.05, 3.63) is 35.6 Å². The SMILES string of the molecule is CC1CCCC(N[C@H](C)c2ccc(F)cc2)CC1. The number of hydrogen-bond acceptors (Lipinski definition) is 1. The van der Waals surface area contributed by atoms with Crippen molar-refractivity contribution in [2.24, 2.45) is 5.92 Å². The van der Waals surface area contributed by atoms with Crippen LogP contribution in [-0.2, 0) is 0 Å². The van der Waals surface area contributed by atoms with Crippen molar-refractivity contribution in [3.63, 3.8) is 0 Å². The number of nitrogens with one attached hydrogen (secondary N) is 1. The highest BCUT2D eigenvalue weighted by molar-refractivity contribution is 5.19. The van der Waals surface area contributed by atoms with E-state index in [4.69, 9.17) is 0 Å². The van der Waals surface area contributed by atoms with E-state index in [1.165, 1.54) is 37.7 Å². The van der Waals surface area contributed by atoms with E-state index in [0.29, 0.717) is 12.1 Å². The molecule has 0 saturated heterocycles. The van der Waals surface area contributed by atoms with Crippen LogP contribution in [0.1, 0.15) is 57.6 Å². The highest BCUT2D eigenvalue weighted by atomic mass is 19.1. The lowest BCUT2D eigenvalue weighted by molar-refractivity contribution is 0.408. The van der Waals surface area contributed by atoms with Gasteiger partial charge in [-0.05, 0) is 49.8 Å². The summed E-state index contributed by atoms with van der Waals surface area (Å²) in [6.45, 7) is 4.52. The first-order valence-electron chi connectivity index (χ1n) is 7.16. The molecule has 0 radical (unpaired) electrons. The standard InChI is InChI=1S/C16H24FN/c1-12-4-3-5-16(11-6-12)18-13(2)14-7-9-15(17)10-8-14/h7-10,12-13,16,18H,3-6,11H2,1-2H3/t12?,13-,16?/m1/s1. The topological polar surface area (TPSA) is 12.0 Å². The fourth-order valence-electron chi connectivity index (χ4n) is 2.85. The van der Waals surface area contributed by atoms with Crippen LogP contribution in [0.2, 0.25) is 0 Å². The zero-order valence-electron chi connectivity index (χ0n) is 11.5. The van der Waals surface area contributed by atoms with E-state index in [-0.39, 0.29) is 5.82 Å². The lowest BCUT2D eigenvalue weighted by Gasteiger charge is -2.22. The second-order valence-electron chi connectivity index (χ2n) is 5.75. The van der Waals surface area contributed by atoms with Gasteiger partial charge in [0.15, 0.2) is 0 Å². The minimum Gasteiger partial charge on any atom is -0.307 e. The Balaban J connectivity index is 1.90. The van der Waals surface area contributed by atoms with Gasteiger partial charge < -0.3 is 5.32 Å². The summed E-state index contributed by atoms with van der Waals surface area (Å²) < 4.78 is 12.9. The number of rotatable bonds is 3. The van der Waals surface area contributed by atoms with Crippen molar-refractivity contribution in [1.29, 1.82) is 0 Å². The average Bonchev–Trinajstić information content (AvgIpc) is 2.55. The molecule has 1 aliphatic carbocycles. The summed E-state index contributed by atoms with van der Waals surface area (Å²) in [6.07, 6.45) is 6.56. The molecule has 0 heterocycles. The van der Waals surface area contributed by atoms with Crippen LogP contribution in [0.5, 0.6) is 0 Å². The quantitative estimate of drug-likeness (QED) is 0.781. The molecule has 0 spiro atoms. The van der Waals surface area contributed by atoms with Gasteiger partial charge in [-0.1, -0.05) is 31.9 Å². The molecule has 0 amide bonds. The second kappa shape index (κ2) is 6.33. The first-order valence-corrected chi connectivity index (χ1v) is 7.16. The fourth-order valence-corrected chi connectivity index (χ4v) is 2.85. The predicted molar refractivity (Wildman–Crippen MR) is 74.0 cm³/mol. The molecule has 2 unspecified atom stereocenters. The number of hydrogen-bond donors (Lipinski definition) is 1. The van der Waals surface area contributed by atoms with Crippen LogP contribution in [0.15, 0.2) is 24.3 Å². The van der Waals surface area contributed by atoms with Gasteiger partial charge in [0.05, 0.1) is 0 Å². The molecule has 1 nitrogen and oxygen atoms in total. The summed E-state index contributed by atoms with van der Waals surface area (Å²) in [5.74, 6) is 0.715. The van der Waals surface area contributed by atoms with Crippen molar-refractivity contribution in [3.8, 4) is 0 Å². The second-order valence-corrected chi connectivity index (χ2v) is 5.75. The van der Waals surface area contributed by atoms with Gasteiger partial charge in [-0.25, -0.2) is 4.39 Å². The molecule has 0 aromatic heterocycles. The van der Waals surface area contributed by atoms with Crippen LogP contribution in [-0.4, -0.2) is 6.04 Å². The van der Waals surface area contributed by atoms with Gasteiger partial charge >= 0.3 is 0 Å². The zero-order chi connectivity index (χ0) is 13.0. The van der Waals surface area contributed by atoms with Crippen LogP contribution in [0, 0.1) is 11.7 Å². The Hall–Kier alpha value is -0.890. The van der Waals surface area contributed by atoms with Crippen molar-refractivity contribution < 1.29 is 4.39 Å². The normalized spacial score (nSPS) is 26.6. The van der Waals surface area contributed by atoms with Gasteiger partial charge in [-0.2, -0.15) is 0 Å². The smallest absolute Gasteiger partial charge is 0.123 e. The predicted octanol–water partition coefficient (Wildman–Crippen LogP) is 4.45. The zero-order valence-corrected chi connectivity index (χ0v) is 11.5. The monoisotopic (exact) mass is 249 g/mol. The van der Waals surface area contributed by atoms with Crippen LogP contribution < -0.4 is 5.32 Å². The van der Waals surface area contributed by atoms with Crippen molar-refractivity contribution >= 4 is 0 Å². The number of benzene rings is 1. The molecule has 1 fully saturated rings. The Bertz CT molecular complexity index is 360. The highest BCUT2D eigenvalue weighted by Gasteiger charge is 2.18. The lowest BCUT2D eigenvalue weighted by Crippen LogP contribution is -2.31. The number of halogens is 1. The Kier molecular flexibility index (Phi) is 4.76. The average molecular weight is 249 g/mol. The molecule has 1 saturated carbocycles. The first-order chi connectivity index (χ1) is 8.65. The van der Waals surface area contributed by atoms with E-state index >= 15 is 0 Å².